The first kappa shape index (κ1) is 12.7. The average molecular weight is 242 g/mol. The summed E-state index contributed by atoms with van der Waals surface area (Å²) in [4.78, 5) is 2.61. The highest BCUT2D eigenvalue weighted by Gasteiger charge is 2.35. The molecule has 3 heteroatoms. The molecule has 0 unspecified atom stereocenters. The minimum Gasteiger partial charge on any atom is -0.315 e. The summed E-state index contributed by atoms with van der Waals surface area (Å²) in [7, 11) is 0. The van der Waals surface area contributed by atoms with E-state index in [4.69, 9.17) is 0 Å². The zero-order valence-corrected chi connectivity index (χ0v) is 11.5. The quantitative estimate of drug-likeness (QED) is 0.690. The van der Waals surface area contributed by atoms with Gasteiger partial charge in [-0.3, -0.25) is 0 Å². The van der Waals surface area contributed by atoms with Crippen molar-refractivity contribution in [1.29, 1.82) is 0 Å². The number of nitrogens with zero attached hydrogens (tertiary/aromatic N) is 1. The Morgan fingerprint density at radius 2 is 1.94 bits per heavy atom. The summed E-state index contributed by atoms with van der Waals surface area (Å²) in [6.07, 6.45) is 10.7. The van der Waals surface area contributed by atoms with Gasteiger partial charge in [0.25, 0.3) is 0 Å². The van der Waals surface area contributed by atoms with Gasteiger partial charge in [-0.25, -0.2) is 0 Å². The van der Waals surface area contributed by atoms with Gasteiger partial charge < -0.3 is 10.2 Å². The molecule has 0 aromatic carbocycles. The van der Waals surface area contributed by atoms with E-state index in [0.29, 0.717) is 4.75 Å². The van der Waals surface area contributed by atoms with Crippen LogP contribution in [0.15, 0.2) is 0 Å². The van der Waals surface area contributed by atoms with Crippen LogP contribution in [0, 0.1) is 0 Å². The molecule has 0 radical (unpaired) electrons. The van der Waals surface area contributed by atoms with Gasteiger partial charge in [0.1, 0.15) is 0 Å². The minimum atomic E-state index is 0.605. The molecule has 0 amide bonds. The third-order valence-electron chi connectivity index (χ3n) is 4.17. The number of hydrogen-bond acceptors (Lipinski definition) is 3. The van der Waals surface area contributed by atoms with Crippen LogP contribution in [0.4, 0.5) is 0 Å². The van der Waals surface area contributed by atoms with E-state index < -0.39 is 0 Å². The highest BCUT2D eigenvalue weighted by atomic mass is 32.2. The second-order valence-corrected chi connectivity index (χ2v) is 6.59. The smallest absolute Gasteiger partial charge is 0.0281 e. The van der Waals surface area contributed by atoms with Crippen LogP contribution >= 0.6 is 11.8 Å². The zero-order chi connectivity index (χ0) is 11.3. The fourth-order valence-electron chi connectivity index (χ4n) is 2.77. The molecule has 1 saturated carbocycles. The van der Waals surface area contributed by atoms with Crippen LogP contribution in [0.2, 0.25) is 0 Å². The first-order valence-electron chi connectivity index (χ1n) is 6.83. The predicted octanol–water partition coefficient (Wildman–Crippen LogP) is 2.35. The van der Waals surface area contributed by atoms with Crippen LogP contribution < -0.4 is 5.32 Å². The molecular weight excluding hydrogens is 216 g/mol. The molecule has 1 N–H and O–H groups in total. The fourth-order valence-corrected chi connectivity index (χ4v) is 3.72. The van der Waals surface area contributed by atoms with E-state index in [-0.39, 0.29) is 0 Å². The molecule has 0 spiro atoms. The summed E-state index contributed by atoms with van der Waals surface area (Å²) in [6, 6.07) is 0. The van der Waals surface area contributed by atoms with Crippen LogP contribution in [0.5, 0.6) is 0 Å². The molecule has 2 fully saturated rings. The van der Waals surface area contributed by atoms with Crippen molar-refractivity contribution < 1.29 is 0 Å². The number of nitrogens with one attached hydrogen (secondary N) is 1. The first-order valence-corrected chi connectivity index (χ1v) is 8.05. The van der Waals surface area contributed by atoms with E-state index in [1.165, 1.54) is 71.2 Å². The van der Waals surface area contributed by atoms with E-state index in [1.807, 2.05) is 0 Å². The fraction of sp³-hybridized carbons (Fsp3) is 1.00. The van der Waals surface area contributed by atoms with E-state index in [2.05, 4.69) is 28.2 Å². The maximum Gasteiger partial charge on any atom is 0.0281 e. The van der Waals surface area contributed by atoms with Gasteiger partial charge in [-0.15, -0.1) is 0 Å². The molecule has 0 bridgehead atoms. The average Bonchev–Trinajstić information content (AvgIpc) is 2.74. The molecule has 2 rings (SSSR count). The molecule has 1 aliphatic carbocycles. The molecule has 16 heavy (non-hydrogen) atoms. The highest BCUT2D eigenvalue weighted by Crippen LogP contribution is 2.42. The predicted molar refractivity (Wildman–Crippen MR) is 73.3 cm³/mol. The largest absolute Gasteiger partial charge is 0.315 e. The Bertz CT molecular complexity index is 193. The van der Waals surface area contributed by atoms with Crippen molar-refractivity contribution in [2.45, 2.75) is 43.3 Å². The maximum absolute atomic E-state index is 3.66. The lowest BCUT2D eigenvalue weighted by molar-refractivity contribution is 0.317. The molecule has 2 nitrogen and oxygen atoms in total. The van der Waals surface area contributed by atoms with Gasteiger partial charge in [0.05, 0.1) is 0 Å². The SMILES string of the molecule is CSC1(CNCCCN2CCCC2)CCC1. The van der Waals surface area contributed by atoms with Crippen LogP contribution in [-0.2, 0) is 0 Å². The zero-order valence-electron chi connectivity index (χ0n) is 10.6. The van der Waals surface area contributed by atoms with Crippen LogP contribution in [0.25, 0.3) is 0 Å². The highest BCUT2D eigenvalue weighted by molar-refractivity contribution is 8.00. The summed E-state index contributed by atoms with van der Waals surface area (Å²) in [5.41, 5.74) is 0. The van der Waals surface area contributed by atoms with Crippen molar-refractivity contribution in [1.82, 2.24) is 10.2 Å². The Morgan fingerprint density at radius 1 is 1.19 bits per heavy atom. The van der Waals surface area contributed by atoms with Crippen molar-refractivity contribution in [3.8, 4) is 0 Å². The van der Waals surface area contributed by atoms with E-state index in [1.54, 1.807) is 0 Å². The van der Waals surface area contributed by atoms with Gasteiger partial charge in [-0.2, -0.15) is 11.8 Å². The Morgan fingerprint density at radius 3 is 2.50 bits per heavy atom. The summed E-state index contributed by atoms with van der Waals surface area (Å²) >= 11 is 2.07. The standard InChI is InChI=1S/C13H26N2S/c1-16-13(6-4-7-13)12-14-8-5-11-15-9-2-3-10-15/h14H,2-12H2,1H3. The second-order valence-electron chi connectivity index (χ2n) is 5.32. The molecule has 1 aliphatic heterocycles. The molecule has 94 valence electrons. The van der Waals surface area contributed by atoms with Crippen LogP contribution in [-0.4, -0.2) is 48.6 Å². The Labute approximate surface area is 105 Å². The summed E-state index contributed by atoms with van der Waals surface area (Å²) in [5, 5.41) is 3.66. The van der Waals surface area contributed by atoms with E-state index >= 15 is 0 Å². The molecule has 0 atom stereocenters. The van der Waals surface area contributed by atoms with Crippen molar-refractivity contribution in [2.75, 3.05) is 39.0 Å². The Kier molecular flexibility index (Phi) is 4.98. The molecule has 1 saturated heterocycles. The van der Waals surface area contributed by atoms with Gasteiger partial charge in [-0.1, -0.05) is 6.42 Å². The molecular formula is C13H26N2S. The van der Waals surface area contributed by atoms with E-state index in [9.17, 15) is 0 Å². The minimum absolute atomic E-state index is 0.605. The molecule has 0 aromatic rings. The van der Waals surface area contributed by atoms with Gasteiger partial charge in [0.15, 0.2) is 0 Å². The van der Waals surface area contributed by atoms with Gasteiger partial charge >= 0.3 is 0 Å². The maximum atomic E-state index is 3.66. The number of rotatable bonds is 7. The van der Waals surface area contributed by atoms with Crippen molar-refractivity contribution in [3.63, 3.8) is 0 Å². The number of hydrogen-bond donors (Lipinski definition) is 1. The summed E-state index contributed by atoms with van der Waals surface area (Å²) in [5.74, 6) is 0. The lowest BCUT2D eigenvalue weighted by Gasteiger charge is -2.40. The van der Waals surface area contributed by atoms with Crippen molar-refractivity contribution in [3.05, 3.63) is 0 Å². The summed E-state index contributed by atoms with van der Waals surface area (Å²) < 4.78 is 0.605. The first-order chi connectivity index (χ1) is 7.85. The van der Waals surface area contributed by atoms with Gasteiger partial charge in [0, 0.05) is 11.3 Å². The lowest BCUT2D eigenvalue weighted by Crippen LogP contribution is -2.43. The number of thioether (sulfide) groups is 1. The molecule has 1 heterocycles. The monoisotopic (exact) mass is 242 g/mol. The third-order valence-corrected chi connectivity index (χ3v) is 5.59. The van der Waals surface area contributed by atoms with Crippen LogP contribution in [0.3, 0.4) is 0 Å². The topological polar surface area (TPSA) is 15.3 Å². The lowest BCUT2D eigenvalue weighted by atomic mass is 9.84. The van der Waals surface area contributed by atoms with E-state index in [0.717, 1.165) is 0 Å². The van der Waals surface area contributed by atoms with Crippen molar-refractivity contribution >= 4 is 11.8 Å². The molecule has 2 aliphatic rings. The second kappa shape index (κ2) is 6.27. The summed E-state index contributed by atoms with van der Waals surface area (Å²) in [6.45, 7) is 6.43. The third kappa shape index (κ3) is 3.38. The van der Waals surface area contributed by atoms with Gasteiger partial charge in [0.2, 0.25) is 0 Å². The van der Waals surface area contributed by atoms with Crippen molar-refractivity contribution in [2.24, 2.45) is 0 Å². The van der Waals surface area contributed by atoms with Crippen LogP contribution in [0.1, 0.15) is 38.5 Å². The van der Waals surface area contributed by atoms with Gasteiger partial charge in [-0.05, 0) is 64.5 Å². The Hall–Kier alpha value is 0.270. The Balaban J connectivity index is 1.48. The number of likely N-dealkylation sites (tertiary alicyclic amines) is 1. The molecule has 0 aromatic heterocycles. The normalized spacial score (nSPS) is 24.6.